The molecule has 2 amide bonds. The summed E-state index contributed by atoms with van der Waals surface area (Å²) < 4.78 is 5.01. The van der Waals surface area contributed by atoms with Crippen LogP contribution in [0.25, 0.3) is 0 Å². The molecule has 1 aromatic heterocycles. The monoisotopic (exact) mass is 314 g/mol. The molecule has 1 aliphatic carbocycles. The van der Waals surface area contributed by atoms with Crippen molar-refractivity contribution in [2.75, 3.05) is 18.5 Å². The first-order chi connectivity index (χ1) is 11.1. The van der Waals surface area contributed by atoms with Crippen molar-refractivity contribution in [2.24, 2.45) is 5.41 Å². The number of aliphatic hydroxyl groups is 1. The fourth-order valence-electron chi connectivity index (χ4n) is 2.24. The van der Waals surface area contributed by atoms with E-state index in [0.717, 1.165) is 12.8 Å². The molecule has 0 unspecified atom stereocenters. The number of carbonyl (C=O) groups is 2. The van der Waals surface area contributed by atoms with Crippen LogP contribution in [0.2, 0.25) is 0 Å². The Hall–Kier alpha value is -2.60. The van der Waals surface area contributed by atoms with Gasteiger partial charge in [-0.25, -0.2) is 0 Å². The van der Waals surface area contributed by atoms with Gasteiger partial charge in [0.1, 0.15) is 0 Å². The summed E-state index contributed by atoms with van der Waals surface area (Å²) in [5.41, 5.74) is 0.971. The minimum Gasteiger partial charge on any atom is -0.459 e. The molecule has 1 saturated carbocycles. The number of benzene rings is 1. The standard InChI is InChI=1S/C17H18N2O4/c20-11-17(7-8-17)10-18-15(21)12-3-5-13(6-4-12)19-16(22)14-2-1-9-23-14/h1-6,9,20H,7-8,10-11H2,(H,18,21)(H,19,22). The van der Waals surface area contributed by atoms with E-state index >= 15 is 0 Å². The highest BCUT2D eigenvalue weighted by molar-refractivity contribution is 6.02. The first-order valence-corrected chi connectivity index (χ1v) is 7.46. The predicted octanol–water partition coefficient (Wildman–Crippen LogP) is 2.03. The predicted molar refractivity (Wildman–Crippen MR) is 84.2 cm³/mol. The van der Waals surface area contributed by atoms with Gasteiger partial charge in [0.2, 0.25) is 0 Å². The molecule has 1 fully saturated rings. The lowest BCUT2D eigenvalue weighted by atomic mass is 10.1. The number of furan rings is 1. The topological polar surface area (TPSA) is 91.6 Å². The molecular weight excluding hydrogens is 296 g/mol. The molecule has 0 spiro atoms. The van der Waals surface area contributed by atoms with Crippen molar-refractivity contribution in [3.63, 3.8) is 0 Å². The normalized spacial score (nSPS) is 15.0. The molecule has 23 heavy (non-hydrogen) atoms. The van der Waals surface area contributed by atoms with Crippen molar-refractivity contribution in [3.05, 3.63) is 54.0 Å². The number of rotatable bonds is 6. The molecule has 1 aliphatic rings. The summed E-state index contributed by atoms with van der Waals surface area (Å²) in [5, 5.41) is 14.8. The Morgan fingerprint density at radius 1 is 1.13 bits per heavy atom. The smallest absolute Gasteiger partial charge is 0.291 e. The number of aliphatic hydroxyl groups excluding tert-OH is 1. The highest BCUT2D eigenvalue weighted by atomic mass is 16.3. The molecule has 1 aromatic carbocycles. The second kappa shape index (κ2) is 6.26. The minimum atomic E-state index is -0.342. The zero-order valence-electron chi connectivity index (χ0n) is 12.5. The third-order valence-electron chi connectivity index (χ3n) is 4.07. The van der Waals surface area contributed by atoms with Crippen LogP contribution in [0.15, 0.2) is 47.1 Å². The zero-order valence-corrected chi connectivity index (χ0v) is 12.5. The maximum atomic E-state index is 12.1. The lowest BCUT2D eigenvalue weighted by Gasteiger charge is -2.13. The number of hydrogen-bond acceptors (Lipinski definition) is 4. The van der Waals surface area contributed by atoms with Gasteiger partial charge in [-0.05, 0) is 49.2 Å². The van der Waals surface area contributed by atoms with Gasteiger partial charge >= 0.3 is 0 Å². The van der Waals surface area contributed by atoms with Gasteiger partial charge in [-0.1, -0.05) is 0 Å². The van der Waals surface area contributed by atoms with Crippen molar-refractivity contribution >= 4 is 17.5 Å². The molecule has 0 bridgehead atoms. The van der Waals surface area contributed by atoms with Gasteiger partial charge in [0.25, 0.3) is 11.8 Å². The zero-order chi connectivity index (χ0) is 16.3. The van der Waals surface area contributed by atoms with Crippen LogP contribution in [-0.4, -0.2) is 30.1 Å². The molecule has 2 aromatic rings. The Balaban J connectivity index is 1.56. The van der Waals surface area contributed by atoms with Crippen LogP contribution < -0.4 is 10.6 Å². The maximum absolute atomic E-state index is 12.1. The largest absolute Gasteiger partial charge is 0.459 e. The molecule has 1 heterocycles. The van der Waals surface area contributed by atoms with E-state index in [1.807, 2.05) is 0 Å². The van der Waals surface area contributed by atoms with Crippen LogP contribution in [0, 0.1) is 5.41 Å². The van der Waals surface area contributed by atoms with Gasteiger partial charge < -0.3 is 20.2 Å². The second-order valence-corrected chi connectivity index (χ2v) is 5.85. The molecule has 0 atom stereocenters. The Morgan fingerprint density at radius 3 is 2.43 bits per heavy atom. The van der Waals surface area contributed by atoms with Gasteiger partial charge in [0.15, 0.2) is 5.76 Å². The van der Waals surface area contributed by atoms with E-state index in [0.29, 0.717) is 17.8 Å². The van der Waals surface area contributed by atoms with E-state index < -0.39 is 0 Å². The molecule has 120 valence electrons. The molecule has 6 heteroatoms. The summed E-state index contributed by atoms with van der Waals surface area (Å²) in [6, 6.07) is 9.83. The molecule has 0 radical (unpaired) electrons. The van der Waals surface area contributed by atoms with Gasteiger partial charge in [0.05, 0.1) is 12.9 Å². The summed E-state index contributed by atoms with van der Waals surface area (Å²) in [6.45, 7) is 0.588. The van der Waals surface area contributed by atoms with E-state index in [2.05, 4.69) is 10.6 Å². The van der Waals surface area contributed by atoms with Crippen molar-refractivity contribution < 1.29 is 19.1 Å². The molecule has 0 aliphatic heterocycles. The van der Waals surface area contributed by atoms with Crippen molar-refractivity contribution in [1.29, 1.82) is 0 Å². The lowest BCUT2D eigenvalue weighted by Crippen LogP contribution is -2.31. The SMILES string of the molecule is O=C(NCC1(CO)CC1)c1ccc(NC(=O)c2ccco2)cc1. The molecular formula is C17H18N2O4. The summed E-state index contributed by atoms with van der Waals surface area (Å²) in [6.07, 6.45) is 3.32. The number of hydrogen-bond donors (Lipinski definition) is 3. The average molecular weight is 314 g/mol. The molecule has 3 rings (SSSR count). The first kappa shape index (κ1) is 15.3. The van der Waals surface area contributed by atoms with Gasteiger partial charge in [-0.15, -0.1) is 0 Å². The Kier molecular flexibility index (Phi) is 4.16. The average Bonchev–Trinajstić information content (AvgIpc) is 3.14. The van der Waals surface area contributed by atoms with Gasteiger partial charge in [-0.3, -0.25) is 9.59 Å². The number of amides is 2. The van der Waals surface area contributed by atoms with Crippen LogP contribution in [0.4, 0.5) is 5.69 Å². The lowest BCUT2D eigenvalue weighted by molar-refractivity contribution is 0.0934. The Morgan fingerprint density at radius 2 is 1.87 bits per heavy atom. The summed E-state index contributed by atoms with van der Waals surface area (Å²) in [7, 11) is 0. The minimum absolute atomic E-state index is 0.102. The Bertz CT molecular complexity index is 688. The van der Waals surface area contributed by atoms with Crippen LogP contribution in [0.3, 0.4) is 0 Å². The molecule has 0 saturated heterocycles. The van der Waals surface area contributed by atoms with Gasteiger partial charge in [-0.2, -0.15) is 0 Å². The highest BCUT2D eigenvalue weighted by Crippen LogP contribution is 2.44. The number of carbonyl (C=O) groups excluding carboxylic acids is 2. The fraction of sp³-hybridized carbons (Fsp3) is 0.294. The number of nitrogens with one attached hydrogen (secondary N) is 2. The van der Waals surface area contributed by atoms with Gasteiger partial charge in [0, 0.05) is 23.2 Å². The quantitative estimate of drug-likeness (QED) is 0.761. The van der Waals surface area contributed by atoms with Crippen LogP contribution in [0.5, 0.6) is 0 Å². The second-order valence-electron chi connectivity index (χ2n) is 5.85. The summed E-state index contributed by atoms with van der Waals surface area (Å²) in [4.78, 5) is 23.9. The fourth-order valence-corrected chi connectivity index (χ4v) is 2.24. The maximum Gasteiger partial charge on any atom is 0.291 e. The van der Waals surface area contributed by atoms with Crippen molar-refractivity contribution in [2.45, 2.75) is 12.8 Å². The van der Waals surface area contributed by atoms with Crippen LogP contribution in [-0.2, 0) is 0 Å². The van der Waals surface area contributed by atoms with Crippen molar-refractivity contribution in [3.8, 4) is 0 Å². The summed E-state index contributed by atoms with van der Waals surface area (Å²) >= 11 is 0. The summed E-state index contributed by atoms with van der Waals surface area (Å²) in [5.74, 6) is -0.301. The van der Waals surface area contributed by atoms with Crippen LogP contribution in [0.1, 0.15) is 33.8 Å². The van der Waals surface area contributed by atoms with Crippen molar-refractivity contribution in [1.82, 2.24) is 5.32 Å². The molecule has 3 N–H and O–H groups in total. The van der Waals surface area contributed by atoms with E-state index in [-0.39, 0.29) is 29.6 Å². The third-order valence-corrected chi connectivity index (χ3v) is 4.07. The van der Waals surface area contributed by atoms with E-state index in [4.69, 9.17) is 4.42 Å². The number of anilines is 1. The van der Waals surface area contributed by atoms with E-state index in [1.165, 1.54) is 6.26 Å². The highest BCUT2D eigenvalue weighted by Gasteiger charge is 2.42. The first-order valence-electron chi connectivity index (χ1n) is 7.46. The Labute approximate surface area is 133 Å². The van der Waals surface area contributed by atoms with E-state index in [9.17, 15) is 14.7 Å². The third kappa shape index (κ3) is 3.60. The van der Waals surface area contributed by atoms with E-state index in [1.54, 1.807) is 36.4 Å². The molecule has 6 nitrogen and oxygen atoms in total. The van der Waals surface area contributed by atoms with Crippen LogP contribution >= 0.6 is 0 Å².